The molecule has 1 unspecified atom stereocenters. The van der Waals surface area contributed by atoms with Crippen LogP contribution in [0.1, 0.15) is 129 Å². The molecule has 0 spiro atoms. The third-order valence-corrected chi connectivity index (χ3v) is 9.96. The maximum absolute atomic E-state index is 12.7. The summed E-state index contributed by atoms with van der Waals surface area (Å²) in [6.45, 7) is 3.89. The number of carbonyl (C=O) groups is 2. The van der Waals surface area contributed by atoms with Gasteiger partial charge in [-0.1, -0.05) is 142 Å². The average Bonchev–Trinajstić information content (AvgIpc) is 3.21. The fourth-order valence-corrected chi connectivity index (χ4v) is 6.09. The minimum absolute atomic E-state index is 0.0265. The van der Waals surface area contributed by atoms with Gasteiger partial charge >= 0.3 is 19.8 Å². The first-order valence-corrected chi connectivity index (χ1v) is 24.3. The number of carbonyl (C=O) groups excluding carboxylic acids is 2. The van der Waals surface area contributed by atoms with Crippen molar-refractivity contribution in [3.63, 3.8) is 0 Å². The third kappa shape index (κ3) is 43.2. The molecule has 3 N–H and O–H groups in total. The van der Waals surface area contributed by atoms with Gasteiger partial charge in [0.15, 0.2) is 6.10 Å². The van der Waals surface area contributed by atoms with Crippen LogP contribution in [0.25, 0.3) is 0 Å². The monoisotopic (exact) mass is 889 g/mol. The standard InChI is InChI=1S/C50H82NO10P/c1-6-8-10-12-14-15-16-17-18-19-20-21-22-23-24-25-26-28-34-40-49(54)58-44-48(45-60-62(56,57)59-43-42-51(3,4)5)61-50(55)41-35-39-47(53)38-33-30-29-32-37-46(52)36-31-27-13-11-9-7-2/h8,10,14-15,17-18,20-21,23-24,27,29-33,37-38,46-48,52-53H,6-7,9,11-13,16,19,22,25-26,28,34-36,39-45H2,1-5H3/p+1/b10-8-,15-14-,18-17-,21-20-,24-23-,30-29+,31-27-,37-32+,38-33-/t46-,47-,48+/m0/s1. The summed E-state index contributed by atoms with van der Waals surface area (Å²) in [5.74, 6) is -1.09. The lowest BCUT2D eigenvalue weighted by Gasteiger charge is -2.24. The van der Waals surface area contributed by atoms with Gasteiger partial charge in [-0.15, -0.1) is 0 Å². The zero-order valence-electron chi connectivity index (χ0n) is 38.8. The van der Waals surface area contributed by atoms with E-state index in [-0.39, 0.29) is 26.1 Å². The van der Waals surface area contributed by atoms with Gasteiger partial charge in [0, 0.05) is 12.8 Å². The van der Waals surface area contributed by atoms with Gasteiger partial charge < -0.3 is 29.1 Å². The van der Waals surface area contributed by atoms with Crippen LogP contribution in [0.2, 0.25) is 0 Å². The highest BCUT2D eigenvalue weighted by molar-refractivity contribution is 7.47. The number of hydrogen-bond donors (Lipinski definition) is 3. The molecule has 0 aromatic carbocycles. The van der Waals surface area contributed by atoms with E-state index in [1.807, 2.05) is 27.2 Å². The Kier molecular flexibility index (Phi) is 38.1. The molecule has 62 heavy (non-hydrogen) atoms. The van der Waals surface area contributed by atoms with Gasteiger partial charge in [0.25, 0.3) is 0 Å². The molecule has 0 radical (unpaired) electrons. The van der Waals surface area contributed by atoms with Gasteiger partial charge in [0.1, 0.15) is 19.8 Å². The Labute approximate surface area is 375 Å². The van der Waals surface area contributed by atoms with Crippen LogP contribution in [-0.2, 0) is 32.7 Å². The Bertz CT molecular complexity index is 1450. The molecule has 4 atom stereocenters. The van der Waals surface area contributed by atoms with Crippen molar-refractivity contribution < 1.29 is 52.3 Å². The second-order valence-corrected chi connectivity index (χ2v) is 17.6. The zero-order chi connectivity index (χ0) is 46.0. The fraction of sp³-hybridized carbons (Fsp3) is 0.600. The Morgan fingerprint density at radius 2 is 1.16 bits per heavy atom. The first-order chi connectivity index (χ1) is 29.8. The van der Waals surface area contributed by atoms with Gasteiger partial charge in [-0.3, -0.25) is 18.6 Å². The molecule has 0 rings (SSSR count). The molecule has 0 saturated carbocycles. The first kappa shape index (κ1) is 58.6. The molecule has 12 heteroatoms. The van der Waals surface area contributed by atoms with E-state index in [9.17, 15) is 29.3 Å². The molecular weight excluding hydrogens is 806 g/mol. The topological polar surface area (TPSA) is 149 Å². The summed E-state index contributed by atoms with van der Waals surface area (Å²) in [6.07, 6.45) is 47.7. The molecule has 0 aliphatic heterocycles. The molecule has 0 amide bonds. The molecule has 11 nitrogen and oxygen atoms in total. The van der Waals surface area contributed by atoms with Crippen molar-refractivity contribution in [2.75, 3.05) is 47.5 Å². The lowest BCUT2D eigenvalue weighted by Crippen LogP contribution is -2.37. The smallest absolute Gasteiger partial charge is 0.462 e. The number of hydrogen-bond acceptors (Lipinski definition) is 9. The minimum atomic E-state index is -4.46. The average molecular weight is 889 g/mol. The SMILES string of the molecule is CC/C=C\C/C=C\C/C=C\C/C=C\C/C=C\CCCCCC(=O)OC[C@H](COP(=O)(O)OCC[N+](C)(C)C)OC(=O)CCC[C@@H](O)\C=C/C=C/C=C/[C@@H](O)C/C=C\CCCCC. The maximum Gasteiger partial charge on any atom is 0.472 e. The fourth-order valence-electron chi connectivity index (χ4n) is 5.35. The molecule has 0 saturated heterocycles. The molecule has 352 valence electrons. The first-order valence-electron chi connectivity index (χ1n) is 22.8. The minimum Gasteiger partial charge on any atom is -0.462 e. The van der Waals surface area contributed by atoms with E-state index in [1.54, 1.807) is 36.5 Å². The van der Waals surface area contributed by atoms with Crippen LogP contribution in [0, 0.1) is 0 Å². The molecule has 0 aromatic heterocycles. The maximum atomic E-state index is 12.7. The van der Waals surface area contributed by atoms with Crippen molar-refractivity contribution in [3.05, 3.63) is 109 Å². The number of ether oxygens (including phenoxy) is 2. The third-order valence-electron chi connectivity index (χ3n) is 8.98. The van der Waals surface area contributed by atoms with Crippen LogP contribution in [0.4, 0.5) is 0 Å². The second kappa shape index (κ2) is 40.4. The summed E-state index contributed by atoms with van der Waals surface area (Å²) in [6, 6.07) is 0. The van der Waals surface area contributed by atoms with Crippen LogP contribution < -0.4 is 0 Å². The number of allylic oxidation sites excluding steroid dienone is 15. The summed E-state index contributed by atoms with van der Waals surface area (Å²) < 4.78 is 34.1. The number of nitrogens with zero attached hydrogens (tertiary/aromatic N) is 1. The van der Waals surface area contributed by atoms with Gasteiger partial charge in [-0.05, 0) is 83.5 Å². The van der Waals surface area contributed by atoms with Gasteiger partial charge in [0.2, 0.25) is 0 Å². The normalized spacial score (nSPS) is 15.5. The quantitative estimate of drug-likeness (QED) is 0.0136. The van der Waals surface area contributed by atoms with E-state index in [2.05, 4.69) is 80.7 Å². The number of phosphoric acid groups is 1. The molecule has 0 bridgehead atoms. The van der Waals surface area contributed by atoms with Crippen LogP contribution in [0.3, 0.4) is 0 Å². The summed E-state index contributed by atoms with van der Waals surface area (Å²) >= 11 is 0. The lowest BCUT2D eigenvalue weighted by atomic mass is 10.1. The van der Waals surface area contributed by atoms with Gasteiger partial charge in [-0.25, -0.2) is 4.57 Å². The zero-order valence-corrected chi connectivity index (χ0v) is 39.7. The molecule has 0 aliphatic rings. The van der Waals surface area contributed by atoms with Crippen LogP contribution >= 0.6 is 7.82 Å². The predicted molar refractivity (Wildman–Crippen MR) is 254 cm³/mol. The lowest BCUT2D eigenvalue weighted by molar-refractivity contribution is -0.870. The van der Waals surface area contributed by atoms with Crippen LogP contribution in [0.5, 0.6) is 0 Å². The second-order valence-electron chi connectivity index (χ2n) is 16.1. The van der Waals surface area contributed by atoms with E-state index >= 15 is 0 Å². The number of rotatable bonds is 39. The van der Waals surface area contributed by atoms with Crippen molar-refractivity contribution in [2.24, 2.45) is 0 Å². The highest BCUT2D eigenvalue weighted by Gasteiger charge is 2.27. The summed E-state index contributed by atoms with van der Waals surface area (Å²) in [5, 5.41) is 20.4. The number of aliphatic hydroxyl groups excluding tert-OH is 2. The van der Waals surface area contributed by atoms with Crippen molar-refractivity contribution in [2.45, 2.75) is 148 Å². The summed E-state index contributed by atoms with van der Waals surface area (Å²) in [7, 11) is 1.28. The molecule has 0 fully saturated rings. The number of likely N-dealkylation sites (N-methyl/N-ethyl adjacent to an activating group) is 1. The number of quaternary nitrogens is 1. The number of esters is 2. The number of phosphoric ester groups is 1. The molecule has 0 aliphatic carbocycles. The molecule has 0 aromatic rings. The van der Waals surface area contributed by atoms with E-state index in [0.29, 0.717) is 36.7 Å². The largest absolute Gasteiger partial charge is 0.472 e. The van der Waals surface area contributed by atoms with Crippen molar-refractivity contribution >= 4 is 19.8 Å². The summed E-state index contributed by atoms with van der Waals surface area (Å²) in [4.78, 5) is 35.4. The number of aliphatic hydroxyl groups is 2. The molecular formula is C50H83NO10P+. The highest BCUT2D eigenvalue weighted by atomic mass is 31.2. The van der Waals surface area contributed by atoms with Crippen molar-refractivity contribution in [3.8, 4) is 0 Å². The highest BCUT2D eigenvalue weighted by Crippen LogP contribution is 2.43. The van der Waals surface area contributed by atoms with Gasteiger partial charge in [-0.2, -0.15) is 0 Å². The van der Waals surface area contributed by atoms with E-state index in [1.165, 1.54) is 12.8 Å². The molecule has 0 heterocycles. The van der Waals surface area contributed by atoms with E-state index in [4.69, 9.17) is 18.5 Å². The van der Waals surface area contributed by atoms with Crippen molar-refractivity contribution in [1.29, 1.82) is 0 Å². The Morgan fingerprint density at radius 3 is 1.76 bits per heavy atom. The van der Waals surface area contributed by atoms with Crippen LogP contribution in [-0.4, -0.2) is 97.3 Å². The Hall–Kier alpha value is -3.41. The number of unbranched alkanes of at least 4 members (excludes halogenated alkanes) is 6. The predicted octanol–water partition coefficient (Wildman–Crippen LogP) is 11.1. The Morgan fingerprint density at radius 1 is 0.613 bits per heavy atom. The van der Waals surface area contributed by atoms with Gasteiger partial charge in [0.05, 0.1) is 40.0 Å². The van der Waals surface area contributed by atoms with Crippen molar-refractivity contribution in [1.82, 2.24) is 0 Å². The Balaban J connectivity index is 4.68. The van der Waals surface area contributed by atoms with Crippen LogP contribution in [0.15, 0.2) is 109 Å². The van der Waals surface area contributed by atoms with E-state index < -0.39 is 44.7 Å². The van der Waals surface area contributed by atoms with E-state index in [0.717, 1.165) is 64.2 Å². The summed E-state index contributed by atoms with van der Waals surface area (Å²) in [5.41, 5.74) is 0.